The maximum Gasteiger partial charge on any atom is 0.647 e. The molecule has 0 saturated carbocycles. The highest BCUT2D eigenvalue weighted by molar-refractivity contribution is 7.49. The Morgan fingerprint density at radius 3 is 1.32 bits per heavy atom. The van der Waals surface area contributed by atoms with Gasteiger partial charge in [-0.2, -0.15) is 4.57 Å². The molecule has 0 amide bonds. The molecule has 0 aliphatic carbocycles. The average molecular weight is 431 g/mol. The lowest BCUT2D eigenvalue weighted by atomic mass is 10.00. The van der Waals surface area contributed by atoms with Crippen molar-refractivity contribution in [2.75, 3.05) is 0 Å². The Morgan fingerprint density at radius 2 is 0.871 bits per heavy atom. The molecule has 5 nitrogen and oxygen atoms in total. The van der Waals surface area contributed by atoms with E-state index in [9.17, 15) is 4.57 Å². The van der Waals surface area contributed by atoms with Crippen LogP contribution in [-0.4, -0.2) is 0 Å². The van der Waals surface area contributed by atoms with E-state index in [1.807, 2.05) is 54.6 Å². The summed E-state index contributed by atoms with van der Waals surface area (Å²) in [6, 6.07) is 34.1. The van der Waals surface area contributed by atoms with Gasteiger partial charge < -0.3 is 19.3 Å². The summed E-state index contributed by atoms with van der Waals surface area (Å²) >= 11 is 0. The Balaban J connectivity index is 1.55. The van der Waals surface area contributed by atoms with E-state index in [1.165, 1.54) is 0 Å². The van der Waals surface area contributed by atoms with E-state index < -0.39 is 7.82 Å². The standard InChI is InChI=1S/C25H22NO4P/c26-25(20-10-4-1-5-11-20)21-16-18-24(19-17-21)30-31(27,28-22-12-6-2-7-13-22)29-23-14-8-3-9-15-23/h1-19,25H,26H2. The molecular weight excluding hydrogens is 409 g/mol. The van der Waals surface area contributed by atoms with Crippen molar-refractivity contribution in [1.82, 2.24) is 0 Å². The molecule has 0 aliphatic heterocycles. The van der Waals surface area contributed by atoms with Crippen molar-refractivity contribution in [1.29, 1.82) is 0 Å². The fraction of sp³-hybridized carbons (Fsp3) is 0.0400. The van der Waals surface area contributed by atoms with E-state index in [2.05, 4.69) is 0 Å². The minimum Gasteiger partial charge on any atom is -0.386 e. The minimum atomic E-state index is -4.01. The molecule has 1 unspecified atom stereocenters. The molecular formula is C25H22NO4P. The monoisotopic (exact) mass is 431 g/mol. The summed E-state index contributed by atoms with van der Waals surface area (Å²) in [6.07, 6.45) is 0. The highest BCUT2D eigenvalue weighted by Gasteiger charge is 2.33. The first-order valence-corrected chi connectivity index (χ1v) is 11.3. The molecule has 0 spiro atoms. The largest absolute Gasteiger partial charge is 0.647 e. The first-order valence-electron chi connectivity index (χ1n) is 9.81. The first kappa shape index (κ1) is 20.7. The van der Waals surface area contributed by atoms with E-state index in [0.29, 0.717) is 17.2 Å². The second-order valence-electron chi connectivity index (χ2n) is 6.80. The van der Waals surface area contributed by atoms with E-state index in [0.717, 1.165) is 11.1 Å². The zero-order valence-electron chi connectivity index (χ0n) is 16.7. The van der Waals surface area contributed by atoms with Crippen LogP contribution in [0.15, 0.2) is 115 Å². The summed E-state index contributed by atoms with van der Waals surface area (Å²) in [5, 5.41) is 0. The molecule has 31 heavy (non-hydrogen) atoms. The van der Waals surface area contributed by atoms with Crippen molar-refractivity contribution in [2.45, 2.75) is 6.04 Å². The zero-order chi connectivity index (χ0) is 21.5. The van der Waals surface area contributed by atoms with Crippen molar-refractivity contribution < 1.29 is 18.1 Å². The number of nitrogens with two attached hydrogens (primary N) is 1. The molecule has 0 aromatic heterocycles. The Kier molecular flexibility index (Phi) is 6.37. The summed E-state index contributed by atoms with van der Waals surface area (Å²) in [5.74, 6) is 1.10. The van der Waals surface area contributed by atoms with Gasteiger partial charge in [-0.05, 0) is 47.5 Å². The van der Waals surface area contributed by atoms with Gasteiger partial charge in [0.2, 0.25) is 0 Å². The molecule has 0 bridgehead atoms. The molecule has 4 aromatic carbocycles. The molecule has 0 radical (unpaired) electrons. The summed E-state index contributed by atoms with van der Waals surface area (Å²) in [4.78, 5) is 0. The van der Waals surface area contributed by atoms with Crippen LogP contribution in [0.3, 0.4) is 0 Å². The van der Waals surface area contributed by atoms with E-state index in [1.54, 1.807) is 60.7 Å². The van der Waals surface area contributed by atoms with E-state index >= 15 is 0 Å². The van der Waals surface area contributed by atoms with Gasteiger partial charge in [0, 0.05) is 0 Å². The third-order valence-corrected chi connectivity index (χ3v) is 5.84. The lowest BCUT2D eigenvalue weighted by molar-refractivity contribution is 0.298. The number of hydrogen-bond acceptors (Lipinski definition) is 5. The average Bonchev–Trinajstić information content (AvgIpc) is 2.81. The fourth-order valence-corrected chi connectivity index (χ4v) is 4.25. The number of phosphoric acid groups is 1. The Labute approximate surface area is 181 Å². The fourth-order valence-electron chi connectivity index (χ4n) is 2.99. The molecule has 156 valence electrons. The van der Waals surface area contributed by atoms with Crippen molar-refractivity contribution in [3.05, 3.63) is 126 Å². The molecule has 2 N–H and O–H groups in total. The molecule has 0 heterocycles. The highest BCUT2D eigenvalue weighted by Crippen LogP contribution is 2.49. The highest BCUT2D eigenvalue weighted by atomic mass is 31.2. The molecule has 6 heteroatoms. The summed E-state index contributed by atoms with van der Waals surface area (Å²) in [5.41, 5.74) is 8.26. The zero-order valence-corrected chi connectivity index (χ0v) is 17.6. The van der Waals surface area contributed by atoms with Gasteiger partial charge >= 0.3 is 7.82 Å². The van der Waals surface area contributed by atoms with Crippen LogP contribution in [0.4, 0.5) is 0 Å². The summed E-state index contributed by atoms with van der Waals surface area (Å²) in [7, 11) is -4.01. The second-order valence-corrected chi connectivity index (χ2v) is 8.25. The van der Waals surface area contributed by atoms with Gasteiger partial charge in [0.05, 0.1) is 6.04 Å². The van der Waals surface area contributed by atoms with Gasteiger partial charge in [0.15, 0.2) is 0 Å². The third-order valence-electron chi connectivity index (χ3n) is 4.54. The first-order chi connectivity index (χ1) is 15.1. The molecule has 4 aromatic rings. The Morgan fingerprint density at radius 1 is 0.516 bits per heavy atom. The van der Waals surface area contributed by atoms with Gasteiger partial charge in [-0.1, -0.05) is 78.9 Å². The van der Waals surface area contributed by atoms with Gasteiger partial charge in [-0.15, -0.1) is 0 Å². The van der Waals surface area contributed by atoms with E-state index in [-0.39, 0.29) is 6.04 Å². The Bertz CT molecular complexity index is 1090. The number of para-hydroxylation sites is 2. The lowest BCUT2D eigenvalue weighted by Gasteiger charge is -2.20. The van der Waals surface area contributed by atoms with Crippen LogP contribution in [-0.2, 0) is 4.57 Å². The molecule has 0 aliphatic rings. The van der Waals surface area contributed by atoms with Crippen LogP contribution in [0.2, 0.25) is 0 Å². The maximum atomic E-state index is 13.5. The summed E-state index contributed by atoms with van der Waals surface area (Å²) < 4.78 is 30.5. The number of rotatable bonds is 8. The minimum absolute atomic E-state index is 0.275. The van der Waals surface area contributed by atoms with Crippen LogP contribution < -0.4 is 19.3 Å². The molecule has 0 fully saturated rings. The number of hydrogen-bond donors (Lipinski definition) is 1. The third kappa shape index (κ3) is 5.54. The Hall–Kier alpha value is -3.53. The van der Waals surface area contributed by atoms with Gasteiger partial charge in [0.1, 0.15) is 17.2 Å². The van der Waals surface area contributed by atoms with Crippen LogP contribution in [0.1, 0.15) is 17.2 Å². The van der Waals surface area contributed by atoms with E-state index in [4.69, 9.17) is 19.3 Å². The molecule has 1 atom stereocenters. The van der Waals surface area contributed by atoms with Crippen LogP contribution in [0.5, 0.6) is 17.2 Å². The van der Waals surface area contributed by atoms with Crippen LogP contribution >= 0.6 is 7.82 Å². The van der Waals surface area contributed by atoms with Crippen molar-refractivity contribution in [3.8, 4) is 17.2 Å². The van der Waals surface area contributed by atoms with Crippen molar-refractivity contribution >= 4 is 7.82 Å². The van der Waals surface area contributed by atoms with Crippen LogP contribution in [0, 0.1) is 0 Å². The quantitative estimate of drug-likeness (QED) is 0.328. The summed E-state index contributed by atoms with van der Waals surface area (Å²) in [6.45, 7) is 0. The van der Waals surface area contributed by atoms with Gasteiger partial charge in [-0.25, -0.2) is 0 Å². The maximum absolute atomic E-state index is 13.5. The van der Waals surface area contributed by atoms with Crippen molar-refractivity contribution in [2.24, 2.45) is 5.73 Å². The van der Waals surface area contributed by atoms with Gasteiger partial charge in [0.25, 0.3) is 0 Å². The predicted octanol–water partition coefficient (Wildman–Crippen LogP) is 6.38. The normalized spacial score (nSPS) is 12.0. The van der Waals surface area contributed by atoms with Crippen molar-refractivity contribution in [3.63, 3.8) is 0 Å². The molecule has 4 rings (SSSR count). The van der Waals surface area contributed by atoms with Crippen LogP contribution in [0.25, 0.3) is 0 Å². The van der Waals surface area contributed by atoms with Gasteiger partial charge in [-0.3, -0.25) is 0 Å². The number of phosphoric ester groups is 1. The predicted molar refractivity (Wildman–Crippen MR) is 121 cm³/mol. The SMILES string of the molecule is NC(c1ccccc1)c1ccc(OP(=O)(Oc2ccccc2)Oc2ccccc2)cc1. The smallest absolute Gasteiger partial charge is 0.386 e. The lowest BCUT2D eigenvalue weighted by Crippen LogP contribution is -2.11. The number of benzene rings is 4. The second kappa shape index (κ2) is 9.52. The topological polar surface area (TPSA) is 70.8 Å². The molecule has 0 saturated heterocycles.